The molecule has 0 radical (unpaired) electrons. The predicted molar refractivity (Wildman–Crippen MR) is 65.6 cm³/mol. The molecular formula is C14H20O2. The zero-order valence-electron chi connectivity index (χ0n) is 10.1. The van der Waals surface area contributed by atoms with Crippen LogP contribution >= 0.6 is 0 Å². The van der Waals surface area contributed by atoms with E-state index in [1.165, 1.54) is 0 Å². The van der Waals surface area contributed by atoms with Crippen LogP contribution in [-0.4, -0.2) is 12.4 Å². The summed E-state index contributed by atoms with van der Waals surface area (Å²) >= 11 is 0. The number of ether oxygens (including phenoxy) is 1. The highest BCUT2D eigenvalue weighted by molar-refractivity contribution is 5.80. The summed E-state index contributed by atoms with van der Waals surface area (Å²) in [5, 5.41) is 0. The molecule has 1 rings (SSSR count). The number of Topliss-reactive ketones (excluding diaryl/α,β-unsaturated/α-hetero) is 1. The summed E-state index contributed by atoms with van der Waals surface area (Å²) in [5.41, 5.74) is 0. The van der Waals surface area contributed by atoms with Crippen molar-refractivity contribution >= 4 is 5.78 Å². The number of para-hydroxylation sites is 1. The molecule has 1 aromatic rings. The highest BCUT2D eigenvalue weighted by Gasteiger charge is 2.09. The number of hydrogen-bond acceptors (Lipinski definition) is 2. The molecule has 1 aromatic carbocycles. The van der Waals surface area contributed by atoms with Crippen molar-refractivity contribution in [1.82, 2.24) is 0 Å². The maximum atomic E-state index is 11.3. The minimum Gasteiger partial charge on any atom is -0.494 e. The Bertz CT molecular complexity index is 306. The van der Waals surface area contributed by atoms with Crippen LogP contribution in [0.3, 0.4) is 0 Å². The summed E-state index contributed by atoms with van der Waals surface area (Å²) in [7, 11) is 0. The van der Waals surface area contributed by atoms with E-state index in [4.69, 9.17) is 4.74 Å². The molecule has 16 heavy (non-hydrogen) atoms. The average molecular weight is 220 g/mol. The largest absolute Gasteiger partial charge is 0.494 e. The molecule has 0 amide bonds. The van der Waals surface area contributed by atoms with Gasteiger partial charge in [-0.1, -0.05) is 32.0 Å². The Kier molecular flexibility index (Phi) is 5.62. The molecule has 0 aliphatic rings. The van der Waals surface area contributed by atoms with E-state index in [0.717, 1.165) is 18.6 Å². The zero-order valence-corrected chi connectivity index (χ0v) is 10.1. The lowest BCUT2D eigenvalue weighted by Gasteiger charge is -2.09. The first kappa shape index (κ1) is 12.8. The first-order valence-corrected chi connectivity index (χ1v) is 5.94. The molecule has 0 N–H and O–H groups in total. The highest BCUT2D eigenvalue weighted by atomic mass is 16.5. The van der Waals surface area contributed by atoms with Gasteiger partial charge >= 0.3 is 0 Å². The van der Waals surface area contributed by atoms with Gasteiger partial charge in [0.2, 0.25) is 0 Å². The van der Waals surface area contributed by atoms with Crippen LogP contribution in [0, 0.1) is 5.92 Å². The van der Waals surface area contributed by atoms with Gasteiger partial charge in [0.25, 0.3) is 0 Å². The zero-order chi connectivity index (χ0) is 11.8. The van der Waals surface area contributed by atoms with Gasteiger partial charge in [0.15, 0.2) is 0 Å². The third-order valence-electron chi connectivity index (χ3n) is 2.69. The monoisotopic (exact) mass is 220 g/mol. The number of benzene rings is 1. The van der Waals surface area contributed by atoms with Crippen LogP contribution in [0.5, 0.6) is 5.75 Å². The molecule has 0 aliphatic carbocycles. The van der Waals surface area contributed by atoms with Crippen molar-refractivity contribution in [2.45, 2.75) is 33.1 Å². The first-order chi connectivity index (χ1) is 7.74. The molecule has 88 valence electrons. The van der Waals surface area contributed by atoms with Gasteiger partial charge in [-0.25, -0.2) is 0 Å². The molecule has 0 heterocycles. The maximum Gasteiger partial charge on any atom is 0.135 e. The van der Waals surface area contributed by atoms with E-state index in [1.54, 1.807) is 0 Å². The smallest absolute Gasteiger partial charge is 0.135 e. The van der Waals surface area contributed by atoms with E-state index >= 15 is 0 Å². The Morgan fingerprint density at radius 3 is 2.62 bits per heavy atom. The molecule has 1 atom stereocenters. The molecule has 0 spiro atoms. The van der Waals surface area contributed by atoms with Crippen LogP contribution in [0.4, 0.5) is 0 Å². The van der Waals surface area contributed by atoms with E-state index in [-0.39, 0.29) is 5.92 Å². The minimum absolute atomic E-state index is 0.171. The number of rotatable bonds is 7. The van der Waals surface area contributed by atoms with Crippen molar-refractivity contribution in [2.75, 3.05) is 6.61 Å². The van der Waals surface area contributed by atoms with E-state index in [2.05, 4.69) is 0 Å². The summed E-state index contributed by atoms with van der Waals surface area (Å²) in [6.45, 7) is 4.60. The van der Waals surface area contributed by atoms with Gasteiger partial charge in [0.1, 0.15) is 11.5 Å². The van der Waals surface area contributed by atoms with E-state index in [9.17, 15) is 4.79 Å². The van der Waals surface area contributed by atoms with Crippen molar-refractivity contribution in [3.05, 3.63) is 30.3 Å². The van der Waals surface area contributed by atoms with Crippen molar-refractivity contribution in [1.29, 1.82) is 0 Å². The molecule has 0 saturated carbocycles. The standard InChI is InChI=1S/C14H20O2/c1-3-14(15)12(2)8-7-11-16-13-9-5-4-6-10-13/h4-6,9-10,12H,3,7-8,11H2,1-2H3. The Balaban J connectivity index is 2.15. The molecule has 0 saturated heterocycles. The van der Waals surface area contributed by atoms with Crippen molar-refractivity contribution in [3.8, 4) is 5.75 Å². The maximum absolute atomic E-state index is 11.3. The van der Waals surface area contributed by atoms with Crippen LogP contribution in [0.15, 0.2) is 30.3 Å². The van der Waals surface area contributed by atoms with Crippen molar-refractivity contribution in [3.63, 3.8) is 0 Å². The fraction of sp³-hybridized carbons (Fsp3) is 0.500. The summed E-state index contributed by atoms with van der Waals surface area (Å²) < 4.78 is 5.56. The Morgan fingerprint density at radius 2 is 2.00 bits per heavy atom. The molecule has 0 aliphatic heterocycles. The van der Waals surface area contributed by atoms with Crippen molar-refractivity contribution < 1.29 is 9.53 Å². The predicted octanol–water partition coefficient (Wildman–Crippen LogP) is 3.46. The molecule has 2 heteroatoms. The first-order valence-electron chi connectivity index (χ1n) is 5.94. The van der Waals surface area contributed by atoms with Gasteiger partial charge in [0, 0.05) is 12.3 Å². The van der Waals surface area contributed by atoms with Crippen LogP contribution in [0.2, 0.25) is 0 Å². The van der Waals surface area contributed by atoms with E-state index < -0.39 is 0 Å². The third-order valence-corrected chi connectivity index (χ3v) is 2.69. The second-order valence-corrected chi connectivity index (χ2v) is 4.02. The number of carbonyl (C=O) groups excluding carboxylic acids is 1. The molecule has 2 nitrogen and oxygen atoms in total. The van der Waals surface area contributed by atoms with E-state index in [1.807, 2.05) is 44.2 Å². The average Bonchev–Trinajstić information content (AvgIpc) is 2.34. The lowest BCUT2D eigenvalue weighted by Crippen LogP contribution is -2.10. The molecule has 0 bridgehead atoms. The van der Waals surface area contributed by atoms with Gasteiger partial charge in [0.05, 0.1) is 6.61 Å². The molecular weight excluding hydrogens is 200 g/mol. The summed E-state index contributed by atoms with van der Waals surface area (Å²) in [6.07, 6.45) is 2.49. The summed E-state index contributed by atoms with van der Waals surface area (Å²) in [4.78, 5) is 11.3. The van der Waals surface area contributed by atoms with Crippen molar-refractivity contribution in [2.24, 2.45) is 5.92 Å². The summed E-state index contributed by atoms with van der Waals surface area (Å²) in [5.74, 6) is 1.42. The number of ketones is 1. The Labute approximate surface area is 97.6 Å². The molecule has 1 unspecified atom stereocenters. The summed E-state index contributed by atoms with van der Waals surface area (Å²) in [6, 6.07) is 9.77. The van der Waals surface area contributed by atoms with Gasteiger partial charge in [-0.2, -0.15) is 0 Å². The second-order valence-electron chi connectivity index (χ2n) is 4.02. The van der Waals surface area contributed by atoms with Crippen LogP contribution < -0.4 is 4.74 Å². The quantitative estimate of drug-likeness (QED) is 0.658. The minimum atomic E-state index is 0.171. The van der Waals surface area contributed by atoms with E-state index in [0.29, 0.717) is 18.8 Å². The number of carbonyl (C=O) groups is 1. The lowest BCUT2D eigenvalue weighted by atomic mass is 9.99. The molecule has 0 aromatic heterocycles. The number of hydrogen-bond donors (Lipinski definition) is 0. The Hall–Kier alpha value is -1.31. The van der Waals surface area contributed by atoms with Gasteiger partial charge < -0.3 is 4.74 Å². The lowest BCUT2D eigenvalue weighted by molar-refractivity contribution is -0.122. The topological polar surface area (TPSA) is 26.3 Å². The molecule has 0 fully saturated rings. The van der Waals surface area contributed by atoms with Crippen LogP contribution in [-0.2, 0) is 4.79 Å². The van der Waals surface area contributed by atoms with Gasteiger partial charge in [-0.3, -0.25) is 4.79 Å². The van der Waals surface area contributed by atoms with Gasteiger partial charge in [-0.15, -0.1) is 0 Å². The fourth-order valence-corrected chi connectivity index (χ4v) is 1.61. The van der Waals surface area contributed by atoms with Crippen LogP contribution in [0.25, 0.3) is 0 Å². The second kappa shape index (κ2) is 7.04. The highest BCUT2D eigenvalue weighted by Crippen LogP contribution is 2.12. The third kappa shape index (κ3) is 4.47. The van der Waals surface area contributed by atoms with Gasteiger partial charge in [-0.05, 0) is 25.0 Å². The van der Waals surface area contributed by atoms with Crippen LogP contribution in [0.1, 0.15) is 33.1 Å². The SMILES string of the molecule is CCC(=O)C(C)CCCOc1ccccc1. The normalized spacial score (nSPS) is 12.1. The fourth-order valence-electron chi connectivity index (χ4n) is 1.61. The Morgan fingerprint density at radius 1 is 1.31 bits per heavy atom.